The molecule has 0 radical (unpaired) electrons. The number of β-amino-alcohol motifs (C(OH)–C–C–N with tert-alkyl or cyclic N) is 1. The second-order valence-corrected chi connectivity index (χ2v) is 15.1. The second-order valence-electron chi connectivity index (χ2n) is 13.3. The maximum atomic E-state index is 13.6. The van der Waals surface area contributed by atoms with Gasteiger partial charge in [-0.05, 0) is 61.4 Å². The summed E-state index contributed by atoms with van der Waals surface area (Å²) < 4.78 is -0.818. The number of benzene rings is 2. The minimum atomic E-state index is -1.40. The number of likely N-dealkylation sites (tertiary alicyclic amines) is 1. The number of aromatic hydroxyl groups is 1. The SMILES string of the molecule is CC(=O)N1C[C@H](O)CC1C(=O)Nc1ccc(-c2ccc(C(=O)NC(C(=O)N[C@@H]3C(=O)N4[C@@H](C(=O)O)C(C)(C)S[C@@H]34)c3ccc(O)cc3)c(=O)[nH]2)cc1. The second kappa shape index (κ2) is 13.8. The third-order valence-electron chi connectivity index (χ3n) is 9.34. The van der Waals surface area contributed by atoms with E-state index in [9.17, 15) is 48.9 Å². The van der Waals surface area contributed by atoms with E-state index >= 15 is 0 Å². The Bertz CT molecular complexity index is 2020. The minimum Gasteiger partial charge on any atom is -0.508 e. The maximum absolute atomic E-state index is 13.6. The lowest BCUT2D eigenvalue weighted by Gasteiger charge is -2.44. The highest BCUT2D eigenvalue weighted by Crippen LogP contribution is 2.50. The molecule has 0 bridgehead atoms. The molecule has 3 fully saturated rings. The fourth-order valence-electron chi connectivity index (χ4n) is 6.75. The molecule has 17 heteroatoms. The van der Waals surface area contributed by atoms with Crippen LogP contribution in [0.4, 0.5) is 5.69 Å². The summed E-state index contributed by atoms with van der Waals surface area (Å²) in [7, 11) is 0. The Kier molecular flexibility index (Phi) is 9.59. The van der Waals surface area contributed by atoms with Crippen molar-refractivity contribution in [1.29, 1.82) is 0 Å². The number of β-lactam (4-membered cyclic amide) rings is 1. The number of aliphatic hydroxyl groups excluding tert-OH is 1. The van der Waals surface area contributed by atoms with E-state index in [-0.39, 0.29) is 35.7 Å². The Morgan fingerprint density at radius 1 is 0.981 bits per heavy atom. The number of pyridine rings is 1. The number of carbonyl (C=O) groups is 6. The number of rotatable bonds is 9. The zero-order valence-corrected chi connectivity index (χ0v) is 29.0. The van der Waals surface area contributed by atoms with Crippen LogP contribution >= 0.6 is 11.8 Å². The number of phenols is 1. The molecule has 0 saturated carbocycles. The monoisotopic (exact) mass is 732 g/mol. The quantitative estimate of drug-likeness (QED) is 0.152. The molecule has 272 valence electrons. The molecule has 6 atom stereocenters. The van der Waals surface area contributed by atoms with Gasteiger partial charge in [0.15, 0.2) is 0 Å². The zero-order valence-electron chi connectivity index (χ0n) is 28.2. The third kappa shape index (κ3) is 6.83. The average molecular weight is 733 g/mol. The number of thioether (sulfide) groups is 1. The van der Waals surface area contributed by atoms with Gasteiger partial charge in [0.05, 0.1) is 6.10 Å². The number of hydrogen-bond donors (Lipinski definition) is 7. The van der Waals surface area contributed by atoms with Crippen molar-refractivity contribution in [3.8, 4) is 17.0 Å². The van der Waals surface area contributed by atoms with Crippen LogP contribution in [0.2, 0.25) is 0 Å². The number of amides is 5. The largest absolute Gasteiger partial charge is 0.508 e. The number of nitrogens with one attached hydrogen (secondary N) is 4. The normalized spacial score (nSPS) is 23.6. The summed E-state index contributed by atoms with van der Waals surface area (Å²) in [5, 5.41) is 36.7. The molecule has 0 aliphatic carbocycles. The van der Waals surface area contributed by atoms with Gasteiger partial charge in [-0.3, -0.25) is 28.8 Å². The number of H-pyrrole nitrogens is 1. The highest BCUT2D eigenvalue weighted by molar-refractivity contribution is 8.01. The number of carboxylic acids is 1. The summed E-state index contributed by atoms with van der Waals surface area (Å²) >= 11 is 1.24. The Labute approximate surface area is 300 Å². The van der Waals surface area contributed by atoms with Crippen molar-refractivity contribution in [2.75, 3.05) is 11.9 Å². The minimum absolute atomic E-state index is 0.0769. The molecule has 0 spiro atoms. The number of carbonyl (C=O) groups excluding carboxylic acids is 5. The summed E-state index contributed by atoms with van der Waals surface area (Å²) in [6.07, 6.45) is -0.671. The van der Waals surface area contributed by atoms with E-state index in [1.807, 2.05) is 0 Å². The lowest BCUT2D eigenvalue weighted by Crippen LogP contribution is -2.71. The van der Waals surface area contributed by atoms with E-state index in [1.165, 1.54) is 64.9 Å². The van der Waals surface area contributed by atoms with Gasteiger partial charge in [-0.15, -0.1) is 11.8 Å². The number of carboxylic acid groups (broad SMARTS) is 1. The molecule has 6 rings (SSSR count). The summed E-state index contributed by atoms with van der Waals surface area (Å²) in [6, 6.07) is 10.3. The number of aromatic amines is 1. The van der Waals surface area contributed by atoms with Crippen LogP contribution in [0.1, 0.15) is 49.2 Å². The lowest BCUT2D eigenvalue weighted by molar-refractivity contribution is -0.161. The molecule has 3 aliphatic heterocycles. The maximum Gasteiger partial charge on any atom is 0.327 e. The average Bonchev–Trinajstić information content (AvgIpc) is 3.61. The van der Waals surface area contributed by atoms with Gasteiger partial charge < -0.3 is 46.1 Å². The molecule has 3 saturated heterocycles. The van der Waals surface area contributed by atoms with Crippen LogP contribution in [0, 0.1) is 0 Å². The number of aromatic nitrogens is 1. The molecule has 5 amide bonds. The number of nitrogens with zero attached hydrogens (tertiary/aromatic N) is 2. The standard InChI is InChI=1S/C35H36N6O10S/c1-16(42)40-15-21(44)14-24(40)30(47)36-19-8-4-17(5-9-19)23-13-12-22(28(45)37-23)29(46)38-25(18-6-10-20(43)11-7-18)31(48)39-26-32(49)41-27(34(50)51)35(2,3)52-33(26)41/h4-13,21,24-27,33,43-44H,14-15H2,1-3H3,(H,36,47)(H,37,45)(H,38,46)(H,39,48)(H,50,51)/t21-,24?,25?,26-,27+,33+/m1/s1. The van der Waals surface area contributed by atoms with Crippen LogP contribution in [0.25, 0.3) is 11.3 Å². The number of hydrogen-bond acceptors (Lipinski definition) is 10. The molecule has 1 aromatic heterocycles. The predicted octanol–water partition coefficient (Wildman–Crippen LogP) is 0.771. The van der Waals surface area contributed by atoms with Crippen molar-refractivity contribution in [3.63, 3.8) is 0 Å². The first-order chi connectivity index (χ1) is 24.5. The van der Waals surface area contributed by atoms with Crippen molar-refractivity contribution >= 4 is 53.0 Å². The number of aliphatic hydroxyl groups is 1. The smallest absolute Gasteiger partial charge is 0.327 e. The highest BCUT2D eigenvalue weighted by Gasteiger charge is 2.64. The van der Waals surface area contributed by atoms with Crippen molar-refractivity contribution in [1.82, 2.24) is 25.4 Å². The van der Waals surface area contributed by atoms with Gasteiger partial charge in [-0.25, -0.2) is 4.79 Å². The van der Waals surface area contributed by atoms with E-state index in [1.54, 1.807) is 38.1 Å². The molecule has 2 unspecified atom stereocenters. The topological polar surface area (TPSA) is 239 Å². The number of fused-ring (bicyclic) bond motifs is 1. The van der Waals surface area contributed by atoms with Gasteiger partial charge in [0.2, 0.25) is 23.6 Å². The molecular formula is C35H36N6O10S. The number of aliphatic carboxylic acids is 1. The van der Waals surface area contributed by atoms with Gasteiger partial charge in [0.25, 0.3) is 11.5 Å². The molecule has 52 heavy (non-hydrogen) atoms. The van der Waals surface area contributed by atoms with Crippen molar-refractivity contribution in [2.24, 2.45) is 0 Å². The van der Waals surface area contributed by atoms with Gasteiger partial charge in [0, 0.05) is 36.0 Å². The highest BCUT2D eigenvalue weighted by atomic mass is 32.2. The first-order valence-corrected chi connectivity index (χ1v) is 17.2. The first kappa shape index (κ1) is 36.1. The van der Waals surface area contributed by atoms with Crippen molar-refractivity contribution in [2.45, 2.75) is 67.6 Å². The predicted molar refractivity (Wildman–Crippen MR) is 187 cm³/mol. The third-order valence-corrected chi connectivity index (χ3v) is 10.9. The summed E-state index contributed by atoms with van der Waals surface area (Å²) in [5.74, 6) is -4.29. The lowest BCUT2D eigenvalue weighted by atomic mass is 9.95. The summed E-state index contributed by atoms with van der Waals surface area (Å²) in [5.41, 5.74) is 0.468. The van der Waals surface area contributed by atoms with Crippen molar-refractivity contribution in [3.05, 3.63) is 82.1 Å². The van der Waals surface area contributed by atoms with E-state index in [0.717, 1.165) is 0 Å². The van der Waals surface area contributed by atoms with E-state index in [0.29, 0.717) is 16.9 Å². The molecular weight excluding hydrogens is 696 g/mol. The molecule has 3 aliphatic rings. The summed E-state index contributed by atoms with van der Waals surface area (Å²) in [4.78, 5) is 95.0. The summed E-state index contributed by atoms with van der Waals surface area (Å²) in [6.45, 7) is 4.81. The zero-order chi connectivity index (χ0) is 37.6. The van der Waals surface area contributed by atoms with Gasteiger partial charge in [0.1, 0.15) is 40.9 Å². The van der Waals surface area contributed by atoms with Crippen LogP contribution in [0.3, 0.4) is 0 Å². The number of phenolic OH excluding ortho intramolecular Hbond substituents is 1. The molecule has 16 nitrogen and oxygen atoms in total. The van der Waals surface area contributed by atoms with Gasteiger partial charge in [-0.1, -0.05) is 24.3 Å². The number of anilines is 1. The van der Waals surface area contributed by atoms with Gasteiger partial charge >= 0.3 is 5.97 Å². The molecule has 3 aromatic rings. The van der Waals surface area contributed by atoms with E-state index in [4.69, 9.17) is 0 Å². The van der Waals surface area contributed by atoms with Crippen LogP contribution in [0.15, 0.2) is 65.5 Å². The van der Waals surface area contributed by atoms with Crippen LogP contribution in [-0.4, -0.2) is 107 Å². The van der Waals surface area contributed by atoms with Crippen LogP contribution < -0.4 is 21.5 Å². The Balaban J connectivity index is 1.15. The van der Waals surface area contributed by atoms with E-state index < -0.39 is 75.5 Å². The molecule has 2 aromatic carbocycles. The van der Waals surface area contributed by atoms with Crippen molar-refractivity contribution < 1.29 is 44.1 Å². The van der Waals surface area contributed by atoms with Crippen LogP contribution in [0.5, 0.6) is 5.75 Å². The van der Waals surface area contributed by atoms with Crippen LogP contribution in [-0.2, 0) is 24.0 Å². The molecule has 7 N–H and O–H groups in total. The Morgan fingerprint density at radius 2 is 1.65 bits per heavy atom. The molecule has 4 heterocycles. The Morgan fingerprint density at radius 3 is 2.27 bits per heavy atom. The fourth-order valence-corrected chi connectivity index (χ4v) is 8.37. The Hall–Kier alpha value is -5.68. The van der Waals surface area contributed by atoms with E-state index in [2.05, 4.69) is 20.9 Å². The fraction of sp³-hybridized carbons (Fsp3) is 0.343. The van der Waals surface area contributed by atoms with Gasteiger partial charge in [-0.2, -0.15) is 0 Å². The first-order valence-electron chi connectivity index (χ1n) is 16.3.